The molecule has 4 rings (SSSR count). The van der Waals surface area contributed by atoms with Crippen LogP contribution in [0, 0.1) is 11.7 Å². The van der Waals surface area contributed by atoms with Crippen molar-refractivity contribution < 1.29 is 13.9 Å². The van der Waals surface area contributed by atoms with E-state index in [1.165, 1.54) is 18.5 Å². The minimum absolute atomic E-state index is 0.231. The molecule has 1 aromatic heterocycles. The first-order valence-electron chi connectivity index (χ1n) is 11.9. The lowest BCUT2D eigenvalue weighted by Crippen LogP contribution is -2.32. The van der Waals surface area contributed by atoms with Gasteiger partial charge in [0.05, 0.1) is 23.5 Å². The van der Waals surface area contributed by atoms with Crippen LogP contribution in [0.25, 0.3) is 10.9 Å². The summed E-state index contributed by atoms with van der Waals surface area (Å²) in [5, 5.41) is 9.89. The van der Waals surface area contributed by atoms with Gasteiger partial charge in [0.25, 0.3) is 0 Å². The van der Waals surface area contributed by atoms with Crippen LogP contribution in [0.3, 0.4) is 0 Å². The average Bonchev–Trinajstić information content (AvgIpc) is 2.87. The van der Waals surface area contributed by atoms with Crippen molar-refractivity contribution in [2.75, 3.05) is 50.5 Å². The molecule has 3 N–H and O–H groups in total. The van der Waals surface area contributed by atoms with Crippen LogP contribution in [0.5, 0.6) is 5.75 Å². The van der Waals surface area contributed by atoms with Crippen LogP contribution in [-0.4, -0.2) is 60.6 Å². The molecular formula is C26H30BrFN6O2. The van der Waals surface area contributed by atoms with E-state index < -0.39 is 5.82 Å². The smallest absolute Gasteiger partial charge is 0.243 e. The van der Waals surface area contributed by atoms with Gasteiger partial charge < -0.3 is 25.6 Å². The van der Waals surface area contributed by atoms with Crippen LogP contribution in [-0.2, 0) is 4.79 Å². The SMILES string of the molecule is C=CC(=O)NCCNc1cc2c(Nc3ccc(Br)cc3F)ncnc2cc1OCC1CCN(C)CC1. The number of amides is 1. The third-order valence-corrected chi connectivity index (χ3v) is 6.65. The van der Waals surface area contributed by atoms with E-state index >= 15 is 0 Å². The fourth-order valence-electron chi connectivity index (χ4n) is 4.05. The highest BCUT2D eigenvalue weighted by molar-refractivity contribution is 9.10. The van der Waals surface area contributed by atoms with Crippen molar-refractivity contribution in [1.29, 1.82) is 0 Å². The number of fused-ring (bicyclic) bond motifs is 1. The number of anilines is 3. The van der Waals surface area contributed by atoms with Crippen molar-refractivity contribution in [3.8, 4) is 5.75 Å². The molecule has 1 fully saturated rings. The zero-order valence-electron chi connectivity index (χ0n) is 20.2. The van der Waals surface area contributed by atoms with Gasteiger partial charge in [-0.25, -0.2) is 14.4 Å². The molecule has 0 atom stereocenters. The summed E-state index contributed by atoms with van der Waals surface area (Å²) in [6, 6.07) is 8.57. The topological polar surface area (TPSA) is 91.4 Å². The highest BCUT2D eigenvalue weighted by atomic mass is 79.9. The lowest BCUT2D eigenvalue weighted by molar-refractivity contribution is -0.116. The van der Waals surface area contributed by atoms with E-state index in [1.54, 1.807) is 12.1 Å². The number of benzene rings is 2. The molecule has 0 radical (unpaired) electrons. The third kappa shape index (κ3) is 6.70. The number of halogens is 2. The fraction of sp³-hybridized carbons (Fsp3) is 0.346. The Balaban J connectivity index is 1.59. The molecule has 0 unspecified atom stereocenters. The molecule has 190 valence electrons. The van der Waals surface area contributed by atoms with Crippen LogP contribution in [0.2, 0.25) is 0 Å². The maximum atomic E-state index is 14.5. The minimum Gasteiger partial charge on any atom is -0.491 e. The molecule has 0 spiro atoms. The molecule has 3 aromatic rings. The van der Waals surface area contributed by atoms with E-state index in [4.69, 9.17) is 4.74 Å². The Morgan fingerprint density at radius 2 is 2.03 bits per heavy atom. The van der Waals surface area contributed by atoms with Crippen molar-refractivity contribution in [3.63, 3.8) is 0 Å². The normalized spacial score (nSPS) is 14.4. The summed E-state index contributed by atoms with van der Waals surface area (Å²) < 4.78 is 21.4. The molecular weight excluding hydrogens is 527 g/mol. The van der Waals surface area contributed by atoms with Crippen molar-refractivity contribution in [3.05, 3.63) is 59.6 Å². The van der Waals surface area contributed by atoms with Gasteiger partial charge in [0.15, 0.2) is 0 Å². The highest BCUT2D eigenvalue weighted by Crippen LogP contribution is 2.34. The Morgan fingerprint density at radius 3 is 2.78 bits per heavy atom. The molecule has 1 aliphatic rings. The second kappa shape index (κ2) is 12.1. The van der Waals surface area contributed by atoms with E-state index in [2.05, 4.69) is 60.4 Å². The van der Waals surface area contributed by atoms with Crippen LogP contribution >= 0.6 is 15.9 Å². The van der Waals surface area contributed by atoms with E-state index in [0.29, 0.717) is 58.2 Å². The lowest BCUT2D eigenvalue weighted by atomic mass is 9.98. The summed E-state index contributed by atoms with van der Waals surface area (Å²) in [5.41, 5.74) is 1.73. The predicted molar refractivity (Wildman–Crippen MR) is 144 cm³/mol. The van der Waals surface area contributed by atoms with E-state index in [0.717, 1.165) is 31.6 Å². The molecule has 0 bridgehead atoms. The Bertz CT molecular complexity index is 1230. The van der Waals surface area contributed by atoms with Gasteiger partial charge in [0.2, 0.25) is 5.91 Å². The minimum atomic E-state index is -0.398. The summed E-state index contributed by atoms with van der Waals surface area (Å²) in [6.07, 6.45) is 4.87. The van der Waals surface area contributed by atoms with E-state index in [9.17, 15) is 9.18 Å². The number of likely N-dealkylation sites (tertiary alicyclic amines) is 1. The zero-order chi connectivity index (χ0) is 25.5. The molecule has 2 aromatic carbocycles. The maximum Gasteiger partial charge on any atom is 0.243 e. The zero-order valence-corrected chi connectivity index (χ0v) is 21.8. The summed E-state index contributed by atoms with van der Waals surface area (Å²) >= 11 is 3.28. The largest absolute Gasteiger partial charge is 0.491 e. The van der Waals surface area contributed by atoms with E-state index in [1.807, 2.05) is 12.1 Å². The first-order valence-corrected chi connectivity index (χ1v) is 12.7. The summed E-state index contributed by atoms with van der Waals surface area (Å²) in [7, 11) is 2.14. The second-order valence-corrected chi connectivity index (χ2v) is 9.73. The molecule has 1 amide bonds. The van der Waals surface area contributed by atoms with Crippen LogP contribution in [0.4, 0.5) is 21.6 Å². The first-order chi connectivity index (χ1) is 17.4. The van der Waals surface area contributed by atoms with Gasteiger partial charge in [-0.1, -0.05) is 22.5 Å². The van der Waals surface area contributed by atoms with Gasteiger partial charge in [-0.2, -0.15) is 0 Å². The Kier molecular flexibility index (Phi) is 8.71. The van der Waals surface area contributed by atoms with Gasteiger partial charge in [0, 0.05) is 29.0 Å². The van der Waals surface area contributed by atoms with Crippen LogP contribution in [0.1, 0.15) is 12.8 Å². The summed E-state index contributed by atoms with van der Waals surface area (Å²) in [6.45, 7) is 7.10. The summed E-state index contributed by atoms with van der Waals surface area (Å²) in [4.78, 5) is 22.6. The molecule has 1 aliphatic heterocycles. The number of nitrogens with zero attached hydrogens (tertiary/aromatic N) is 3. The number of hydrogen-bond acceptors (Lipinski definition) is 7. The molecule has 2 heterocycles. The van der Waals surface area contributed by atoms with Crippen LogP contribution in [0.15, 0.2) is 53.8 Å². The number of rotatable bonds is 10. The monoisotopic (exact) mass is 556 g/mol. The predicted octanol–water partition coefficient (Wildman–Crippen LogP) is 4.71. The lowest BCUT2D eigenvalue weighted by Gasteiger charge is -2.29. The molecule has 1 saturated heterocycles. The number of piperidine rings is 1. The van der Waals surface area contributed by atoms with Gasteiger partial charge >= 0.3 is 0 Å². The quantitative estimate of drug-likeness (QED) is 0.246. The van der Waals surface area contributed by atoms with E-state index in [-0.39, 0.29) is 5.91 Å². The third-order valence-electron chi connectivity index (χ3n) is 6.16. The molecule has 8 nitrogen and oxygen atoms in total. The Morgan fingerprint density at radius 1 is 1.22 bits per heavy atom. The molecule has 0 aliphatic carbocycles. The Labute approximate surface area is 218 Å². The van der Waals surface area contributed by atoms with Gasteiger partial charge in [-0.3, -0.25) is 4.79 Å². The second-order valence-electron chi connectivity index (χ2n) is 8.82. The average molecular weight is 557 g/mol. The van der Waals surface area contributed by atoms with Crippen molar-refractivity contribution in [2.45, 2.75) is 12.8 Å². The number of carbonyl (C=O) groups excluding carboxylic acids is 1. The van der Waals surface area contributed by atoms with Crippen molar-refractivity contribution in [1.82, 2.24) is 20.2 Å². The van der Waals surface area contributed by atoms with Gasteiger partial charge in [-0.05, 0) is 69.2 Å². The summed E-state index contributed by atoms with van der Waals surface area (Å²) in [5.74, 6) is 1.01. The van der Waals surface area contributed by atoms with Gasteiger partial charge in [0.1, 0.15) is 23.7 Å². The number of aromatic nitrogens is 2. The number of carbonyl (C=O) groups is 1. The standard InChI is InChI=1S/C26H30BrFN6O2/c1-3-25(35)30-9-8-29-23-13-19-22(14-24(23)36-15-17-6-10-34(2)11-7-17)31-16-32-26(19)33-21-5-4-18(27)12-20(21)28/h3-5,12-14,16-17,29H,1,6-11,15H2,2H3,(H,30,35)(H,31,32,33). The van der Waals surface area contributed by atoms with Gasteiger partial charge in [-0.15, -0.1) is 0 Å². The van der Waals surface area contributed by atoms with Crippen molar-refractivity contribution >= 4 is 49.9 Å². The molecule has 10 heteroatoms. The van der Waals surface area contributed by atoms with Crippen LogP contribution < -0.4 is 20.7 Å². The first kappa shape index (κ1) is 25.8. The molecule has 0 saturated carbocycles. The number of nitrogens with one attached hydrogen (secondary N) is 3. The number of hydrogen-bond donors (Lipinski definition) is 3. The fourth-order valence-corrected chi connectivity index (χ4v) is 4.38. The Hall–Kier alpha value is -3.24. The number of ether oxygens (including phenoxy) is 1. The molecule has 36 heavy (non-hydrogen) atoms. The maximum absolute atomic E-state index is 14.5. The highest BCUT2D eigenvalue weighted by Gasteiger charge is 2.19. The van der Waals surface area contributed by atoms with Crippen molar-refractivity contribution in [2.24, 2.45) is 5.92 Å².